The predicted molar refractivity (Wildman–Crippen MR) is 67.7 cm³/mol. The number of pyridine rings is 1. The highest BCUT2D eigenvalue weighted by atomic mass is 16.3. The van der Waals surface area contributed by atoms with Crippen molar-refractivity contribution in [1.29, 1.82) is 0 Å². The minimum absolute atomic E-state index is 0.0641. The molecule has 0 aliphatic heterocycles. The maximum absolute atomic E-state index is 9.11. The highest BCUT2D eigenvalue weighted by Gasteiger charge is 2.12. The number of hydrogen-bond donors (Lipinski definition) is 1. The molecule has 0 aliphatic carbocycles. The van der Waals surface area contributed by atoms with Crippen molar-refractivity contribution in [1.82, 2.24) is 4.98 Å². The molecular formula is C13H22N2O. The zero-order chi connectivity index (χ0) is 12.1. The van der Waals surface area contributed by atoms with Gasteiger partial charge in [-0.3, -0.25) is 0 Å². The molecule has 0 bridgehead atoms. The fourth-order valence-corrected chi connectivity index (χ4v) is 1.82. The number of hydrogen-bond acceptors (Lipinski definition) is 3. The number of aromatic nitrogens is 1. The summed E-state index contributed by atoms with van der Waals surface area (Å²) in [5.74, 6) is 1.01. The smallest absolute Gasteiger partial charge is 0.129 e. The molecule has 1 aromatic rings. The van der Waals surface area contributed by atoms with Crippen LogP contribution < -0.4 is 4.90 Å². The van der Waals surface area contributed by atoms with Gasteiger partial charge in [0.1, 0.15) is 5.82 Å². The van der Waals surface area contributed by atoms with Crippen LogP contribution in [0.3, 0.4) is 0 Å². The number of aliphatic hydroxyl groups is 1. The molecule has 0 spiro atoms. The summed E-state index contributed by atoms with van der Waals surface area (Å²) in [6.45, 7) is 9.50. The predicted octanol–water partition coefficient (Wildman–Crippen LogP) is 2.51. The van der Waals surface area contributed by atoms with E-state index in [4.69, 9.17) is 5.11 Å². The van der Waals surface area contributed by atoms with E-state index in [9.17, 15) is 0 Å². The molecule has 0 saturated heterocycles. The summed E-state index contributed by atoms with van der Waals surface area (Å²) in [4.78, 5) is 6.84. The SMILES string of the molecule is CCC(C)N(CC)c1ccc(CO)c(C)n1. The van der Waals surface area contributed by atoms with E-state index in [0.29, 0.717) is 6.04 Å². The number of rotatable bonds is 5. The van der Waals surface area contributed by atoms with Gasteiger partial charge in [0.05, 0.1) is 6.61 Å². The van der Waals surface area contributed by atoms with Gasteiger partial charge in [-0.05, 0) is 38.8 Å². The van der Waals surface area contributed by atoms with E-state index >= 15 is 0 Å². The van der Waals surface area contributed by atoms with Gasteiger partial charge in [0.15, 0.2) is 0 Å². The molecule has 1 heterocycles. The van der Waals surface area contributed by atoms with Crippen molar-refractivity contribution in [3.05, 3.63) is 23.4 Å². The number of aliphatic hydroxyl groups excluding tert-OH is 1. The van der Waals surface area contributed by atoms with Crippen LogP contribution >= 0.6 is 0 Å². The molecule has 0 aliphatic rings. The van der Waals surface area contributed by atoms with E-state index in [0.717, 1.165) is 30.0 Å². The average Bonchev–Trinajstić information content (AvgIpc) is 2.30. The Hall–Kier alpha value is -1.09. The second-order valence-corrected chi connectivity index (χ2v) is 4.12. The van der Waals surface area contributed by atoms with Crippen LogP contribution in [0.25, 0.3) is 0 Å². The van der Waals surface area contributed by atoms with Crippen LogP contribution in [-0.4, -0.2) is 22.7 Å². The second kappa shape index (κ2) is 5.85. The molecule has 3 nitrogen and oxygen atoms in total. The van der Waals surface area contributed by atoms with Crippen LogP contribution in [0, 0.1) is 6.92 Å². The van der Waals surface area contributed by atoms with Gasteiger partial charge in [-0.2, -0.15) is 0 Å². The standard InChI is InChI=1S/C13H22N2O/c1-5-10(3)15(6-2)13-8-7-12(9-16)11(4)14-13/h7-8,10,16H,5-6,9H2,1-4H3. The third-order valence-corrected chi connectivity index (χ3v) is 3.11. The topological polar surface area (TPSA) is 36.4 Å². The molecule has 16 heavy (non-hydrogen) atoms. The van der Waals surface area contributed by atoms with Gasteiger partial charge in [-0.25, -0.2) is 4.98 Å². The first kappa shape index (κ1) is 13.0. The van der Waals surface area contributed by atoms with Crippen molar-refractivity contribution in [2.24, 2.45) is 0 Å². The molecule has 0 radical (unpaired) electrons. The van der Waals surface area contributed by atoms with Crippen molar-refractivity contribution in [2.75, 3.05) is 11.4 Å². The fraction of sp³-hybridized carbons (Fsp3) is 0.615. The summed E-state index contributed by atoms with van der Waals surface area (Å²) < 4.78 is 0. The Kier molecular flexibility index (Phi) is 4.74. The molecule has 1 N–H and O–H groups in total. The van der Waals surface area contributed by atoms with Gasteiger partial charge in [-0.1, -0.05) is 13.0 Å². The summed E-state index contributed by atoms with van der Waals surface area (Å²) in [6.07, 6.45) is 1.11. The Morgan fingerprint density at radius 1 is 1.38 bits per heavy atom. The summed E-state index contributed by atoms with van der Waals surface area (Å²) >= 11 is 0. The molecule has 0 amide bonds. The monoisotopic (exact) mass is 222 g/mol. The Labute approximate surface area is 98.1 Å². The second-order valence-electron chi connectivity index (χ2n) is 4.12. The van der Waals surface area contributed by atoms with Crippen molar-refractivity contribution >= 4 is 5.82 Å². The normalized spacial score (nSPS) is 12.6. The fourth-order valence-electron chi connectivity index (χ4n) is 1.82. The van der Waals surface area contributed by atoms with Gasteiger partial charge in [0.2, 0.25) is 0 Å². The Bertz CT molecular complexity index is 339. The Balaban J connectivity index is 2.98. The Morgan fingerprint density at radius 2 is 2.06 bits per heavy atom. The van der Waals surface area contributed by atoms with Crippen LogP contribution in [0.5, 0.6) is 0 Å². The summed E-state index contributed by atoms with van der Waals surface area (Å²) in [5, 5.41) is 9.11. The summed E-state index contributed by atoms with van der Waals surface area (Å²) in [7, 11) is 0. The highest BCUT2D eigenvalue weighted by molar-refractivity contribution is 5.42. The largest absolute Gasteiger partial charge is 0.392 e. The van der Waals surface area contributed by atoms with Gasteiger partial charge >= 0.3 is 0 Å². The molecule has 1 rings (SSSR count). The Morgan fingerprint density at radius 3 is 2.50 bits per heavy atom. The van der Waals surface area contributed by atoms with Crippen molar-refractivity contribution in [3.8, 4) is 0 Å². The quantitative estimate of drug-likeness (QED) is 0.831. The first-order valence-corrected chi connectivity index (χ1v) is 5.98. The number of nitrogens with zero attached hydrogens (tertiary/aromatic N) is 2. The van der Waals surface area contributed by atoms with E-state index in [2.05, 4.69) is 30.7 Å². The molecule has 1 unspecified atom stereocenters. The molecule has 1 atom stereocenters. The number of anilines is 1. The highest BCUT2D eigenvalue weighted by Crippen LogP contribution is 2.18. The average molecular weight is 222 g/mol. The molecule has 90 valence electrons. The van der Waals surface area contributed by atoms with Crippen molar-refractivity contribution in [2.45, 2.75) is 46.8 Å². The summed E-state index contributed by atoms with van der Waals surface area (Å²) in [5.41, 5.74) is 1.82. The van der Waals surface area contributed by atoms with Crippen LogP contribution in [-0.2, 0) is 6.61 Å². The van der Waals surface area contributed by atoms with E-state index in [-0.39, 0.29) is 6.61 Å². The van der Waals surface area contributed by atoms with Crippen molar-refractivity contribution in [3.63, 3.8) is 0 Å². The molecular weight excluding hydrogens is 200 g/mol. The lowest BCUT2D eigenvalue weighted by molar-refractivity contribution is 0.280. The number of aryl methyl sites for hydroxylation is 1. The van der Waals surface area contributed by atoms with Crippen LogP contribution in [0.2, 0.25) is 0 Å². The van der Waals surface area contributed by atoms with E-state index in [1.165, 1.54) is 0 Å². The van der Waals surface area contributed by atoms with E-state index in [1.807, 2.05) is 19.1 Å². The minimum atomic E-state index is 0.0641. The van der Waals surface area contributed by atoms with Gasteiger partial charge in [0.25, 0.3) is 0 Å². The molecule has 0 fully saturated rings. The van der Waals surface area contributed by atoms with E-state index in [1.54, 1.807) is 0 Å². The third-order valence-electron chi connectivity index (χ3n) is 3.11. The first-order valence-electron chi connectivity index (χ1n) is 5.98. The minimum Gasteiger partial charge on any atom is -0.392 e. The molecule has 0 saturated carbocycles. The van der Waals surface area contributed by atoms with E-state index < -0.39 is 0 Å². The van der Waals surface area contributed by atoms with Gasteiger partial charge in [-0.15, -0.1) is 0 Å². The molecule has 0 aromatic carbocycles. The van der Waals surface area contributed by atoms with Gasteiger partial charge in [0, 0.05) is 18.3 Å². The zero-order valence-electron chi connectivity index (χ0n) is 10.7. The lowest BCUT2D eigenvalue weighted by Crippen LogP contribution is -2.33. The molecule has 1 aromatic heterocycles. The van der Waals surface area contributed by atoms with Crippen LogP contribution in [0.1, 0.15) is 38.4 Å². The molecule has 3 heteroatoms. The maximum atomic E-state index is 9.11. The first-order chi connectivity index (χ1) is 7.63. The third kappa shape index (κ3) is 2.73. The van der Waals surface area contributed by atoms with Crippen molar-refractivity contribution < 1.29 is 5.11 Å². The summed E-state index contributed by atoms with van der Waals surface area (Å²) in [6, 6.07) is 4.45. The van der Waals surface area contributed by atoms with Gasteiger partial charge < -0.3 is 10.0 Å². The van der Waals surface area contributed by atoms with Crippen LogP contribution in [0.4, 0.5) is 5.82 Å². The lowest BCUT2D eigenvalue weighted by atomic mass is 10.2. The maximum Gasteiger partial charge on any atom is 0.129 e. The zero-order valence-corrected chi connectivity index (χ0v) is 10.7. The van der Waals surface area contributed by atoms with Crippen LogP contribution in [0.15, 0.2) is 12.1 Å². The lowest BCUT2D eigenvalue weighted by Gasteiger charge is -2.28.